The van der Waals surface area contributed by atoms with Gasteiger partial charge in [0.1, 0.15) is 0 Å². The minimum Gasteiger partial charge on any atom is -0.378 e. The van der Waals surface area contributed by atoms with Crippen LogP contribution in [0.15, 0.2) is 18.2 Å². The number of hydrogen-bond donors (Lipinski definition) is 1. The summed E-state index contributed by atoms with van der Waals surface area (Å²) in [6, 6.07) is 6.15. The second-order valence-electron chi connectivity index (χ2n) is 5.24. The van der Waals surface area contributed by atoms with Gasteiger partial charge in [-0.25, -0.2) is 0 Å². The summed E-state index contributed by atoms with van der Waals surface area (Å²) < 4.78 is 5.69. The van der Waals surface area contributed by atoms with Gasteiger partial charge >= 0.3 is 0 Å². The summed E-state index contributed by atoms with van der Waals surface area (Å²) in [5, 5.41) is 5.00. The molecule has 2 nitrogen and oxygen atoms in total. The van der Waals surface area contributed by atoms with Gasteiger partial charge in [-0.05, 0) is 44.0 Å². The molecule has 1 saturated heterocycles. The zero-order chi connectivity index (χ0) is 13.8. The van der Waals surface area contributed by atoms with Crippen LogP contribution in [0, 0.1) is 5.92 Å². The van der Waals surface area contributed by atoms with Gasteiger partial charge in [0.15, 0.2) is 0 Å². The third-order valence-corrected chi connectivity index (χ3v) is 4.31. The van der Waals surface area contributed by atoms with Gasteiger partial charge < -0.3 is 10.1 Å². The van der Waals surface area contributed by atoms with Crippen molar-refractivity contribution in [2.75, 3.05) is 13.2 Å². The number of hydrogen-bond acceptors (Lipinski definition) is 2. The Labute approximate surface area is 125 Å². The molecule has 0 spiro atoms. The number of benzene rings is 1. The van der Waals surface area contributed by atoms with Crippen molar-refractivity contribution in [1.82, 2.24) is 5.32 Å². The molecule has 1 aromatic carbocycles. The van der Waals surface area contributed by atoms with Gasteiger partial charge in [0.2, 0.25) is 0 Å². The topological polar surface area (TPSA) is 21.3 Å². The molecule has 2 rings (SSSR count). The first kappa shape index (κ1) is 15.1. The molecule has 0 amide bonds. The minimum atomic E-state index is 0.367. The van der Waals surface area contributed by atoms with Gasteiger partial charge in [-0.3, -0.25) is 0 Å². The molecule has 1 aliphatic heterocycles. The van der Waals surface area contributed by atoms with E-state index in [1.165, 1.54) is 0 Å². The number of likely N-dealkylation sites (N-methyl/N-ethyl adjacent to an activating group) is 1. The van der Waals surface area contributed by atoms with E-state index >= 15 is 0 Å². The van der Waals surface area contributed by atoms with Crippen molar-refractivity contribution >= 4 is 23.2 Å². The van der Waals surface area contributed by atoms with Crippen LogP contribution >= 0.6 is 23.2 Å². The number of rotatable bonds is 5. The molecule has 4 heteroatoms. The van der Waals surface area contributed by atoms with Gasteiger partial charge in [0.25, 0.3) is 0 Å². The highest BCUT2D eigenvalue weighted by atomic mass is 35.5. The van der Waals surface area contributed by atoms with E-state index in [9.17, 15) is 0 Å². The Balaban J connectivity index is 2.07. The second-order valence-corrected chi connectivity index (χ2v) is 6.09. The van der Waals surface area contributed by atoms with E-state index < -0.39 is 0 Å². The maximum Gasteiger partial charge on any atom is 0.0551 e. The van der Waals surface area contributed by atoms with Crippen molar-refractivity contribution in [3.8, 4) is 0 Å². The largest absolute Gasteiger partial charge is 0.378 e. The predicted molar refractivity (Wildman–Crippen MR) is 81.2 cm³/mol. The summed E-state index contributed by atoms with van der Waals surface area (Å²) in [6.45, 7) is 6.07. The molecule has 0 saturated carbocycles. The molecule has 0 radical (unpaired) electrons. The normalized spacial score (nSPS) is 24.6. The predicted octanol–water partition coefficient (Wildman–Crippen LogP) is 3.94. The van der Waals surface area contributed by atoms with Crippen LogP contribution in [0.1, 0.15) is 25.8 Å². The fourth-order valence-corrected chi connectivity index (χ4v) is 3.21. The Morgan fingerprint density at radius 3 is 2.79 bits per heavy atom. The lowest BCUT2D eigenvalue weighted by Crippen LogP contribution is -2.38. The first-order valence-electron chi connectivity index (χ1n) is 6.89. The average molecular weight is 302 g/mol. The van der Waals surface area contributed by atoms with Crippen LogP contribution < -0.4 is 5.32 Å². The standard InChI is InChI=1S/C15H21Cl2NO/c1-3-18-15(12-6-10(2)19-9-12)7-11-4-5-13(16)8-14(11)17/h4-5,8,10,12,15,18H,3,6-7,9H2,1-2H3. The third kappa shape index (κ3) is 4.09. The van der Waals surface area contributed by atoms with Gasteiger partial charge in [-0.15, -0.1) is 0 Å². The van der Waals surface area contributed by atoms with Crippen LogP contribution in [0.2, 0.25) is 10.0 Å². The van der Waals surface area contributed by atoms with Crippen molar-refractivity contribution in [2.24, 2.45) is 5.92 Å². The molecule has 0 aromatic heterocycles. The lowest BCUT2D eigenvalue weighted by Gasteiger charge is -2.24. The zero-order valence-corrected chi connectivity index (χ0v) is 13.0. The van der Waals surface area contributed by atoms with E-state index in [0.717, 1.165) is 36.6 Å². The molecular formula is C15H21Cl2NO. The lowest BCUT2D eigenvalue weighted by molar-refractivity contribution is 0.117. The van der Waals surface area contributed by atoms with Gasteiger partial charge in [0.05, 0.1) is 12.7 Å². The van der Waals surface area contributed by atoms with Crippen molar-refractivity contribution in [2.45, 2.75) is 38.8 Å². The van der Waals surface area contributed by atoms with Crippen molar-refractivity contribution < 1.29 is 4.74 Å². The van der Waals surface area contributed by atoms with E-state index in [1.54, 1.807) is 0 Å². The zero-order valence-electron chi connectivity index (χ0n) is 11.5. The molecule has 1 aliphatic rings. The highest BCUT2D eigenvalue weighted by Crippen LogP contribution is 2.27. The second kappa shape index (κ2) is 6.94. The average Bonchev–Trinajstić information content (AvgIpc) is 2.78. The molecule has 106 valence electrons. The molecule has 1 heterocycles. The SMILES string of the molecule is CCNC(Cc1ccc(Cl)cc1Cl)C1COC(C)C1. The fourth-order valence-electron chi connectivity index (χ4n) is 2.72. The first-order valence-corrected chi connectivity index (χ1v) is 7.64. The van der Waals surface area contributed by atoms with Crippen LogP contribution in [0.3, 0.4) is 0 Å². The smallest absolute Gasteiger partial charge is 0.0551 e. The van der Waals surface area contributed by atoms with Crippen LogP contribution in [0.4, 0.5) is 0 Å². The van der Waals surface area contributed by atoms with Crippen LogP contribution in [0.25, 0.3) is 0 Å². The van der Waals surface area contributed by atoms with E-state index in [-0.39, 0.29) is 0 Å². The monoisotopic (exact) mass is 301 g/mol. The summed E-state index contributed by atoms with van der Waals surface area (Å²) in [5.41, 5.74) is 1.15. The maximum absolute atomic E-state index is 6.27. The van der Waals surface area contributed by atoms with Crippen LogP contribution in [0.5, 0.6) is 0 Å². The Kier molecular flexibility index (Phi) is 5.52. The quantitative estimate of drug-likeness (QED) is 0.889. The Morgan fingerprint density at radius 1 is 1.42 bits per heavy atom. The molecule has 1 aromatic rings. The fraction of sp³-hybridized carbons (Fsp3) is 0.600. The number of halogens is 2. The van der Waals surface area contributed by atoms with E-state index in [2.05, 4.69) is 19.2 Å². The molecule has 1 N–H and O–H groups in total. The molecule has 3 atom stereocenters. The van der Waals surface area contributed by atoms with Gasteiger partial charge in [-0.2, -0.15) is 0 Å². The summed E-state index contributed by atoms with van der Waals surface area (Å²) >= 11 is 12.2. The minimum absolute atomic E-state index is 0.367. The van der Waals surface area contributed by atoms with E-state index in [0.29, 0.717) is 23.1 Å². The molecular weight excluding hydrogens is 281 g/mol. The summed E-state index contributed by atoms with van der Waals surface area (Å²) in [5.74, 6) is 0.557. The van der Waals surface area contributed by atoms with E-state index in [4.69, 9.17) is 27.9 Å². The van der Waals surface area contributed by atoms with Gasteiger partial charge in [-0.1, -0.05) is 36.2 Å². The summed E-state index contributed by atoms with van der Waals surface area (Å²) in [4.78, 5) is 0. The number of ether oxygens (including phenoxy) is 1. The molecule has 19 heavy (non-hydrogen) atoms. The Bertz CT molecular complexity index is 425. The molecule has 1 fully saturated rings. The highest BCUT2D eigenvalue weighted by Gasteiger charge is 2.29. The van der Waals surface area contributed by atoms with E-state index in [1.807, 2.05) is 18.2 Å². The Hall–Kier alpha value is -0.280. The van der Waals surface area contributed by atoms with Crippen LogP contribution in [-0.2, 0) is 11.2 Å². The summed E-state index contributed by atoms with van der Waals surface area (Å²) in [7, 11) is 0. The third-order valence-electron chi connectivity index (χ3n) is 3.72. The Morgan fingerprint density at radius 2 is 2.21 bits per heavy atom. The first-order chi connectivity index (χ1) is 9.10. The maximum atomic E-state index is 6.27. The summed E-state index contributed by atoms with van der Waals surface area (Å²) in [6.07, 6.45) is 2.40. The van der Waals surface area contributed by atoms with Crippen molar-refractivity contribution in [3.05, 3.63) is 33.8 Å². The van der Waals surface area contributed by atoms with Crippen LogP contribution in [-0.4, -0.2) is 25.3 Å². The van der Waals surface area contributed by atoms with Crippen molar-refractivity contribution in [3.63, 3.8) is 0 Å². The molecule has 3 unspecified atom stereocenters. The molecule has 0 bridgehead atoms. The number of nitrogens with one attached hydrogen (secondary N) is 1. The highest BCUT2D eigenvalue weighted by molar-refractivity contribution is 6.35. The van der Waals surface area contributed by atoms with Gasteiger partial charge in [0, 0.05) is 22.0 Å². The lowest BCUT2D eigenvalue weighted by atomic mass is 9.91. The molecule has 0 aliphatic carbocycles. The van der Waals surface area contributed by atoms with Crippen molar-refractivity contribution in [1.29, 1.82) is 0 Å².